The molecule has 0 bridgehead atoms. The minimum absolute atomic E-state index is 0.0269. The molecular formula is C21H21Cl2N5O3S. The van der Waals surface area contributed by atoms with E-state index in [4.69, 9.17) is 23.2 Å². The minimum atomic E-state index is -3.85. The van der Waals surface area contributed by atoms with Crippen LogP contribution in [0.25, 0.3) is 0 Å². The normalized spacial score (nSPS) is 17.0. The number of nitriles is 1. The second-order valence-electron chi connectivity index (χ2n) is 7.78. The van der Waals surface area contributed by atoms with Crippen molar-refractivity contribution in [1.82, 2.24) is 14.6 Å². The lowest BCUT2D eigenvalue weighted by molar-refractivity contribution is 0.0767. The standard InChI is InChI=1S/C21H21Cl2N5O3S/c22-17-12-18(23)19(32(30,31)26-15-4-5-15)11-16(17)21(29)28-8-2-7-27(9-10-28)20-14(13-24)3-1-6-25-20/h1,3,6,11-12,15,26H,2,4-5,7-10H2. The molecule has 0 radical (unpaired) electrons. The number of hydrogen-bond acceptors (Lipinski definition) is 6. The van der Waals surface area contributed by atoms with Crippen molar-refractivity contribution in [3.63, 3.8) is 0 Å². The van der Waals surface area contributed by atoms with Crippen LogP contribution >= 0.6 is 23.2 Å². The van der Waals surface area contributed by atoms with E-state index in [0.717, 1.165) is 12.8 Å². The van der Waals surface area contributed by atoms with Crippen molar-refractivity contribution in [2.45, 2.75) is 30.2 Å². The summed E-state index contributed by atoms with van der Waals surface area (Å²) in [5.41, 5.74) is 0.572. The van der Waals surface area contributed by atoms with E-state index in [1.165, 1.54) is 12.1 Å². The molecule has 1 N–H and O–H groups in total. The van der Waals surface area contributed by atoms with Gasteiger partial charge in [0, 0.05) is 38.4 Å². The Morgan fingerprint density at radius 1 is 1.16 bits per heavy atom. The number of amides is 1. The van der Waals surface area contributed by atoms with E-state index in [1.807, 2.05) is 4.90 Å². The van der Waals surface area contributed by atoms with Crippen LogP contribution in [-0.2, 0) is 10.0 Å². The van der Waals surface area contributed by atoms with Crippen LogP contribution in [0.5, 0.6) is 0 Å². The number of halogens is 2. The number of benzene rings is 1. The molecule has 2 heterocycles. The number of nitrogens with zero attached hydrogens (tertiary/aromatic N) is 4. The third-order valence-corrected chi connectivity index (χ3v) is 7.73. The van der Waals surface area contributed by atoms with Crippen LogP contribution in [0, 0.1) is 11.3 Å². The minimum Gasteiger partial charge on any atom is -0.354 e. The Morgan fingerprint density at radius 2 is 1.94 bits per heavy atom. The SMILES string of the molecule is N#Cc1cccnc1N1CCCN(C(=O)c2cc(S(=O)(=O)NC3CC3)c(Cl)cc2Cl)CC1. The summed E-state index contributed by atoms with van der Waals surface area (Å²) in [7, 11) is -3.85. The number of hydrogen-bond donors (Lipinski definition) is 1. The van der Waals surface area contributed by atoms with Gasteiger partial charge in [0.25, 0.3) is 5.91 Å². The molecule has 1 aliphatic carbocycles. The highest BCUT2D eigenvalue weighted by molar-refractivity contribution is 7.89. The first-order chi connectivity index (χ1) is 15.3. The summed E-state index contributed by atoms with van der Waals surface area (Å²) in [4.78, 5) is 21.0. The molecule has 1 aliphatic heterocycles. The summed E-state index contributed by atoms with van der Waals surface area (Å²) in [6, 6.07) is 8.03. The van der Waals surface area contributed by atoms with E-state index in [9.17, 15) is 18.5 Å². The fourth-order valence-electron chi connectivity index (χ4n) is 3.62. The van der Waals surface area contributed by atoms with Crippen molar-refractivity contribution in [3.05, 3.63) is 51.6 Å². The van der Waals surface area contributed by atoms with Gasteiger partial charge in [0.2, 0.25) is 10.0 Å². The Hall–Kier alpha value is -2.38. The second kappa shape index (κ2) is 9.24. The van der Waals surface area contributed by atoms with Crippen molar-refractivity contribution in [3.8, 4) is 6.07 Å². The van der Waals surface area contributed by atoms with Gasteiger partial charge in [-0.3, -0.25) is 4.79 Å². The fraction of sp³-hybridized carbons (Fsp3) is 0.381. The number of aromatic nitrogens is 1. The lowest BCUT2D eigenvalue weighted by Gasteiger charge is -2.24. The zero-order valence-electron chi connectivity index (χ0n) is 17.1. The van der Waals surface area contributed by atoms with Crippen molar-refractivity contribution >= 4 is 45.0 Å². The number of sulfonamides is 1. The van der Waals surface area contributed by atoms with Gasteiger partial charge >= 0.3 is 0 Å². The van der Waals surface area contributed by atoms with Crippen LogP contribution in [0.4, 0.5) is 5.82 Å². The van der Waals surface area contributed by atoms with Gasteiger partial charge in [-0.15, -0.1) is 0 Å². The molecule has 32 heavy (non-hydrogen) atoms. The van der Waals surface area contributed by atoms with E-state index in [-0.39, 0.29) is 32.5 Å². The summed E-state index contributed by atoms with van der Waals surface area (Å²) in [5.74, 6) is 0.228. The molecule has 2 fully saturated rings. The third-order valence-electron chi connectivity index (χ3n) is 5.43. The first-order valence-corrected chi connectivity index (χ1v) is 12.4. The number of nitrogens with one attached hydrogen (secondary N) is 1. The molecule has 4 rings (SSSR count). The zero-order valence-corrected chi connectivity index (χ0v) is 19.4. The lowest BCUT2D eigenvalue weighted by atomic mass is 10.2. The predicted molar refractivity (Wildman–Crippen MR) is 121 cm³/mol. The molecule has 8 nitrogen and oxygen atoms in total. The van der Waals surface area contributed by atoms with Gasteiger partial charge in [0.15, 0.2) is 0 Å². The number of carbonyl (C=O) groups is 1. The molecule has 0 spiro atoms. The van der Waals surface area contributed by atoms with Gasteiger partial charge < -0.3 is 9.80 Å². The summed E-state index contributed by atoms with van der Waals surface area (Å²) >= 11 is 12.4. The van der Waals surface area contributed by atoms with Crippen LogP contribution in [0.3, 0.4) is 0 Å². The van der Waals surface area contributed by atoms with Gasteiger partial charge in [0.05, 0.1) is 21.2 Å². The van der Waals surface area contributed by atoms with Crippen molar-refractivity contribution in [2.24, 2.45) is 0 Å². The highest BCUT2D eigenvalue weighted by Crippen LogP contribution is 2.31. The molecule has 11 heteroatoms. The maximum atomic E-state index is 13.3. The topological polar surface area (TPSA) is 106 Å². The predicted octanol–water partition coefficient (Wildman–Crippen LogP) is 3.05. The van der Waals surface area contributed by atoms with Crippen molar-refractivity contribution in [2.75, 3.05) is 31.1 Å². The summed E-state index contributed by atoms with van der Waals surface area (Å²) < 4.78 is 27.9. The van der Waals surface area contributed by atoms with Crippen molar-refractivity contribution in [1.29, 1.82) is 5.26 Å². The molecule has 168 valence electrons. The highest BCUT2D eigenvalue weighted by atomic mass is 35.5. The van der Waals surface area contributed by atoms with E-state index in [0.29, 0.717) is 44.0 Å². The molecule has 2 aliphatic rings. The molecule has 0 unspecified atom stereocenters. The van der Waals surface area contributed by atoms with Crippen LogP contribution in [0.2, 0.25) is 10.0 Å². The molecule has 1 saturated carbocycles. The maximum absolute atomic E-state index is 13.3. The van der Waals surface area contributed by atoms with E-state index in [2.05, 4.69) is 15.8 Å². The van der Waals surface area contributed by atoms with Crippen molar-refractivity contribution < 1.29 is 13.2 Å². The van der Waals surface area contributed by atoms with E-state index >= 15 is 0 Å². The molecule has 1 aromatic carbocycles. The molecular weight excluding hydrogens is 473 g/mol. The smallest absolute Gasteiger partial charge is 0.255 e. The maximum Gasteiger partial charge on any atom is 0.255 e. The van der Waals surface area contributed by atoms with Gasteiger partial charge in [-0.2, -0.15) is 5.26 Å². The first kappa shape index (κ1) is 22.8. The highest BCUT2D eigenvalue weighted by Gasteiger charge is 2.31. The summed E-state index contributed by atoms with van der Waals surface area (Å²) in [5, 5.41) is 9.42. The van der Waals surface area contributed by atoms with Crippen LogP contribution in [0.1, 0.15) is 35.2 Å². The molecule has 0 atom stereocenters. The Balaban J connectivity index is 1.55. The first-order valence-electron chi connectivity index (χ1n) is 10.2. The quantitative estimate of drug-likeness (QED) is 0.685. The summed E-state index contributed by atoms with van der Waals surface area (Å²) in [6.45, 7) is 1.96. The number of carbonyl (C=O) groups excluding carboxylic acids is 1. The lowest BCUT2D eigenvalue weighted by Crippen LogP contribution is -2.36. The Bertz CT molecular complexity index is 1190. The van der Waals surface area contributed by atoms with E-state index in [1.54, 1.807) is 23.2 Å². The average Bonchev–Trinajstić information content (AvgIpc) is 3.59. The van der Waals surface area contributed by atoms with Crippen LogP contribution in [0.15, 0.2) is 35.4 Å². The van der Waals surface area contributed by atoms with Gasteiger partial charge in [0.1, 0.15) is 16.8 Å². The van der Waals surface area contributed by atoms with Crippen LogP contribution < -0.4 is 9.62 Å². The molecule has 1 saturated heterocycles. The largest absolute Gasteiger partial charge is 0.354 e. The molecule has 2 aromatic rings. The molecule has 1 aromatic heterocycles. The number of pyridine rings is 1. The Morgan fingerprint density at radius 3 is 2.66 bits per heavy atom. The Labute approximate surface area is 196 Å². The second-order valence-corrected chi connectivity index (χ2v) is 10.3. The van der Waals surface area contributed by atoms with Gasteiger partial charge in [-0.25, -0.2) is 18.1 Å². The number of rotatable bonds is 5. The van der Waals surface area contributed by atoms with E-state index < -0.39 is 10.0 Å². The zero-order chi connectivity index (χ0) is 22.9. The summed E-state index contributed by atoms with van der Waals surface area (Å²) in [6.07, 6.45) is 3.86. The van der Waals surface area contributed by atoms with Crippen LogP contribution in [-0.4, -0.2) is 56.4 Å². The van der Waals surface area contributed by atoms with Gasteiger partial charge in [-0.1, -0.05) is 23.2 Å². The third kappa shape index (κ3) is 4.84. The average molecular weight is 494 g/mol. The Kier molecular flexibility index (Phi) is 6.58. The fourth-order valence-corrected chi connectivity index (χ4v) is 5.78. The monoisotopic (exact) mass is 493 g/mol. The molecule has 1 amide bonds. The number of anilines is 1. The van der Waals surface area contributed by atoms with Gasteiger partial charge in [-0.05, 0) is 43.5 Å².